The molecule has 2 N–H and O–H groups in total. The van der Waals surface area contributed by atoms with E-state index >= 15 is 0 Å². The molecule has 1 heterocycles. The Morgan fingerprint density at radius 2 is 1.74 bits per heavy atom. The van der Waals surface area contributed by atoms with E-state index in [9.17, 15) is 18.0 Å². The Bertz CT molecular complexity index is 1200. The third-order valence-corrected chi connectivity index (χ3v) is 5.47. The molecule has 0 atom stereocenters. The second-order valence-corrected chi connectivity index (χ2v) is 8.01. The Kier molecular flexibility index (Phi) is 6.81. The number of sulfonamides is 1. The first-order valence-electron chi connectivity index (χ1n) is 8.96. The van der Waals surface area contributed by atoms with Crippen molar-refractivity contribution in [3.8, 4) is 6.07 Å². The number of nitrogens with one attached hydrogen (secondary N) is 2. The fraction of sp³-hybridized carbons (Fsp3) is 0.0952. The monoisotopic (exact) mass is 439 g/mol. The molecule has 0 saturated heterocycles. The average Bonchev–Trinajstić information content (AvgIpc) is 3.31. The highest BCUT2D eigenvalue weighted by Crippen LogP contribution is 2.13. The number of hydrogen-bond acceptors (Lipinski definition) is 7. The van der Waals surface area contributed by atoms with Crippen LogP contribution >= 0.6 is 0 Å². The fourth-order valence-electron chi connectivity index (χ4n) is 2.47. The van der Waals surface area contributed by atoms with Gasteiger partial charge in [-0.2, -0.15) is 5.26 Å². The van der Waals surface area contributed by atoms with Gasteiger partial charge in [-0.05, 0) is 60.7 Å². The van der Waals surface area contributed by atoms with Gasteiger partial charge in [-0.1, -0.05) is 0 Å². The lowest BCUT2D eigenvalue weighted by molar-refractivity contribution is -0.119. The summed E-state index contributed by atoms with van der Waals surface area (Å²) in [5.41, 5.74) is 0.999. The first-order chi connectivity index (χ1) is 14.9. The second kappa shape index (κ2) is 9.71. The maximum atomic E-state index is 12.3. The minimum absolute atomic E-state index is 0.00647. The Hall–Kier alpha value is -3.94. The van der Waals surface area contributed by atoms with Gasteiger partial charge >= 0.3 is 5.97 Å². The molecule has 9 nitrogen and oxygen atoms in total. The van der Waals surface area contributed by atoms with Crippen LogP contribution in [-0.4, -0.2) is 26.9 Å². The number of esters is 1. The third-order valence-electron chi connectivity index (χ3n) is 4.05. The minimum atomic E-state index is -3.79. The van der Waals surface area contributed by atoms with Crippen LogP contribution in [0.4, 0.5) is 5.69 Å². The summed E-state index contributed by atoms with van der Waals surface area (Å²) in [5, 5.41) is 11.3. The molecule has 0 aliphatic rings. The van der Waals surface area contributed by atoms with Crippen LogP contribution in [0.5, 0.6) is 0 Å². The van der Waals surface area contributed by atoms with Crippen molar-refractivity contribution in [1.82, 2.24) is 4.72 Å². The number of ether oxygens (including phenoxy) is 1. The number of rotatable bonds is 8. The summed E-state index contributed by atoms with van der Waals surface area (Å²) < 4.78 is 37.0. The van der Waals surface area contributed by atoms with Crippen LogP contribution in [-0.2, 0) is 26.1 Å². The van der Waals surface area contributed by atoms with Crippen LogP contribution < -0.4 is 10.0 Å². The molecule has 2 aromatic carbocycles. The van der Waals surface area contributed by atoms with Gasteiger partial charge in [-0.15, -0.1) is 0 Å². The summed E-state index contributed by atoms with van der Waals surface area (Å²) in [6, 6.07) is 16.6. The molecule has 10 heteroatoms. The van der Waals surface area contributed by atoms with Crippen LogP contribution in [0, 0.1) is 11.3 Å². The van der Waals surface area contributed by atoms with Crippen molar-refractivity contribution in [2.45, 2.75) is 11.4 Å². The Balaban J connectivity index is 1.52. The molecule has 31 heavy (non-hydrogen) atoms. The molecule has 1 amide bonds. The lowest BCUT2D eigenvalue weighted by Gasteiger charge is -2.08. The van der Waals surface area contributed by atoms with E-state index < -0.39 is 28.5 Å². The number of nitriles is 1. The molecule has 0 aliphatic carbocycles. The number of carbonyl (C=O) groups is 2. The largest absolute Gasteiger partial charge is 0.468 e. The zero-order chi connectivity index (χ0) is 22.3. The molecule has 3 aromatic rings. The lowest BCUT2D eigenvalue weighted by Crippen LogP contribution is -2.23. The summed E-state index contributed by atoms with van der Waals surface area (Å²) in [5.74, 6) is -0.870. The van der Waals surface area contributed by atoms with Crippen LogP contribution in [0.1, 0.15) is 21.7 Å². The van der Waals surface area contributed by atoms with E-state index in [0.29, 0.717) is 17.0 Å². The first-order valence-corrected chi connectivity index (χ1v) is 10.4. The van der Waals surface area contributed by atoms with E-state index in [1.165, 1.54) is 30.5 Å². The molecule has 0 radical (unpaired) electrons. The maximum absolute atomic E-state index is 12.3. The second-order valence-electron chi connectivity index (χ2n) is 6.24. The molecule has 1 aromatic heterocycles. The van der Waals surface area contributed by atoms with Gasteiger partial charge in [0.15, 0.2) is 6.61 Å². The molecule has 0 unspecified atom stereocenters. The Morgan fingerprint density at radius 3 is 2.35 bits per heavy atom. The summed E-state index contributed by atoms with van der Waals surface area (Å²) in [7, 11) is -3.79. The minimum Gasteiger partial charge on any atom is -0.468 e. The van der Waals surface area contributed by atoms with Gasteiger partial charge in [0.25, 0.3) is 5.91 Å². The van der Waals surface area contributed by atoms with E-state index in [1.54, 1.807) is 36.4 Å². The highest BCUT2D eigenvalue weighted by Gasteiger charge is 2.16. The smallest absolute Gasteiger partial charge is 0.338 e. The molecule has 0 spiro atoms. The molecular weight excluding hydrogens is 422 g/mol. The van der Waals surface area contributed by atoms with Crippen molar-refractivity contribution in [3.05, 3.63) is 83.8 Å². The molecule has 0 aliphatic heterocycles. The van der Waals surface area contributed by atoms with E-state index in [2.05, 4.69) is 10.0 Å². The molecule has 0 saturated carbocycles. The number of carbonyl (C=O) groups excluding carboxylic acids is 2. The lowest BCUT2D eigenvalue weighted by atomic mass is 10.2. The topological polar surface area (TPSA) is 138 Å². The predicted octanol–water partition coefficient (Wildman–Crippen LogP) is 2.43. The highest BCUT2D eigenvalue weighted by molar-refractivity contribution is 7.89. The van der Waals surface area contributed by atoms with Gasteiger partial charge in [0, 0.05) is 5.69 Å². The van der Waals surface area contributed by atoms with Crippen LogP contribution in [0.3, 0.4) is 0 Å². The predicted molar refractivity (Wildman–Crippen MR) is 109 cm³/mol. The van der Waals surface area contributed by atoms with Crippen molar-refractivity contribution in [3.63, 3.8) is 0 Å². The van der Waals surface area contributed by atoms with E-state index in [-0.39, 0.29) is 17.0 Å². The van der Waals surface area contributed by atoms with Gasteiger partial charge in [0.05, 0.1) is 34.9 Å². The number of benzene rings is 2. The van der Waals surface area contributed by atoms with Gasteiger partial charge in [0.1, 0.15) is 5.76 Å². The quantitative estimate of drug-likeness (QED) is 0.514. The zero-order valence-corrected chi connectivity index (χ0v) is 16.9. The first kappa shape index (κ1) is 21.8. The summed E-state index contributed by atoms with van der Waals surface area (Å²) in [6.07, 6.45) is 1.44. The molecular formula is C21H17N3O6S. The molecule has 0 bridgehead atoms. The van der Waals surface area contributed by atoms with Crippen molar-refractivity contribution in [2.24, 2.45) is 0 Å². The molecule has 158 valence electrons. The molecule has 0 fully saturated rings. The number of nitrogens with zero attached hydrogens (tertiary/aromatic N) is 1. The number of anilines is 1. The normalized spacial score (nSPS) is 10.8. The van der Waals surface area contributed by atoms with Crippen LogP contribution in [0.2, 0.25) is 0 Å². The Morgan fingerprint density at radius 1 is 1.03 bits per heavy atom. The average molecular weight is 439 g/mol. The van der Waals surface area contributed by atoms with Gasteiger partial charge in [-0.3, -0.25) is 4.79 Å². The van der Waals surface area contributed by atoms with Crippen LogP contribution in [0.15, 0.2) is 76.2 Å². The van der Waals surface area contributed by atoms with Crippen molar-refractivity contribution in [2.75, 3.05) is 11.9 Å². The third kappa shape index (κ3) is 6.02. The SMILES string of the molecule is N#Cc1ccc(NC(=O)COC(=O)c2ccc(S(=O)(=O)NCc3ccco3)cc2)cc1. The number of furan rings is 1. The van der Waals surface area contributed by atoms with Crippen LogP contribution in [0.25, 0.3) is 0 Å². The van der Waals surface area contributed by atoms with Crippen molar-refractivity contribution >= 4 is 27.6 Å². The van der Waals surface area contributed by atoms with Crippen molar-refractivity contribution < 1.29 is 27.2 Å². The maximum Gasteiger partial charge on any atom is 0.338 e. The summed E-state index contributed by atoms with van der Waals surface area (Å²) >= 11 is 0. The summed E-state index contributed by atoms with van der Waals surface area (Å²) in [4.78, 5) is 24.0. The van der Waals surface area contributed by atoms with E-state index in [0.717, 1.165) is 0 Å². The van der Waals surface area contributed by atoms with Gasteiger partial charge < -0.3 is 14.5 Å². The highest BCUT2D eigenvalue weighted by atomic mass is 32.2. The fourth-order valence-corrected chi connectivity index (χ4v) is 3.47. The van der Waals surface area contributed by atoms with Crippen molar-refractivity contribution in [1.29, 1.82) is 5.26 Å². The van der Waals surface area contributed by atoms with Gasteiger partial charge in [-0.25, -0.2) is 17.9 Å². The molecule has 3 rings (SSSR count). The standard InChI is InChI=1S/C21H17N3O6S/c22-12-15-3-7-17(8-4-15)24-20(25)14-30-21(26)16-5-9-19(10-6-16)31(27,28)23-13-18-2-1-11-29-18/h1-11,23H,13-14H2,(H,24,25). The van der Waals surface area contributed by atoms with E-state index in [4.69, 9.17) is 14.4 Å². The summed E-state index contributed by atoms with van der Waals surface area (Å²) in [6.45, 7) is -0.531. The Labute approximate surface area is 178 Å². The number of hydrogen-bond donors (Lipinski definition) is 2. The van der Waals surface area contributed by atoms with Gasteiger partial charge in [0.2, 0.25) is 10.0 Å². The number of amides is 1. The zero-order valence-electron chi connectivity index (χ0n) is 16.1. The van der Waals surface area contributed by atoms with E-state index in [1.807, 2.05) is 6.07 Å².